The molecule has 7 heteroatoms. The normalized spacial score (nSPS) is 17.4. The van der Waals surface area contributed by atoms with E-state index in [0.717, 1.165) is 5.76 Å². The van der Waals surface area contributed by atoms with E-state index in [4.69, 9.17) is 4.42 Å². The molecule has 1 aliphatic rings. The van der Waals surface area contributed by atoms with Crippen molar-refractivity contribution in [1.29, 1.82) is 0 Å². The average Bonchev–Trinajstić information content (AvgIpc) is 2.84. The van der Waals surface area contributed by atoms with Crippen molar-refractivity contribution in [2.24, 2.45) is 0 Å². The number of aromatic nitrogens is 2. The van der Waals surface area contributed by atoms with Crippen LogP contribution in [-0.4, -0.2) is 21.9 Å². The van der Waals surface area contributed by atoms with Gasteiger partial charge in [-0.05, 0) is 31.9 Å². The minimum absolute atomic E-state index is 0.102. The molecule has 0 radical (unpaired) electrons. The first-order chi connectivity index (χ1) is 9.41. The van der Waals surface area contributed by atoms with Crippen LogP contribution in [0.3, 0.4) is 0 Å². The molecule has 0 bridgehead atoms. The van der Waals surface area contributed by atoms with Gasteiger partial charge in [0, 0.05) is 12.1 Å². The Bertz CT molecular complexity index is 610. The van der Waals surface area contributed by atoms with Crippen LogP contribution in [0.15, 0.2) is 22.7 Å². The summed E-state index contributed by atoms with van der Waals surface area (Å²) in [7, 11) is 0. The Morgan fingerprint density at radius 2 is 2.15 bits per heavy atom. The summed E-state index contributed by atoms with van der Waals surface area (Å²) in [5.41, 5.74) is -0.445. The Hall–Kier alpha value is -1.76. The monoisotopic (exact) mass is 285 g/mol. The zero-order valence-electron chi connectivity index (χ0n) is 10.8. The van der Waals surface area contributed by atoms with Crippen molar-refractivity contribution in [1.82, 2.24) is 15.5 Å². The molecule has 0 unspecified atom stereocenters. The maximum Gasteiger partial charge on any atom is 0.406 e. The number of aromatic amines is 1. The van der Waals surface area contributed by atoms with Gasteiger partial charge in [-0.3, -0.25) is 10.4 Å². The Labute approximate surface area is 113 Å². The van der Waals surface area contributed by atoms with E-state index in [0.29, 0.717) is 17.0 Å². The highest BCUT2D eigenvalue weighted by Gasteiger charge is 2.62. The van der Waals surface area contributed by atoms with Crippen molar-refractivity contribution in [3.63, 3.8) is 0 Å². The van der Waals surface area contributed by atoms with E-state index >= 15 is 0 Å². The van der Waals surface area contributed by atoms with Gasteiger partial charge in [0.2, 0.25) is 0 Å². The van der Waals surface area contributed by atoms with E-state index in [1.165, 1.54) is 6.20 Å². The highest BCUT2D eigenvalue weighted by Crippen LogP contribution is 2.49. The molecule has 108 valence electrons. The van der Waals surface area contributed by atoms with Crippen LogP contribution in [0, 0.1) is 6.92 Å². The van der Waals surface area contributed by atoms with E-state index < -0.39 is 11.7 Å². The molecular formula is C13H14F3N3O. The van der Waals surface area contributed by atoms with Crippen molar-refractivity contribution >= 4 is 0 Å². The summed E-state index contributed by atoms with van der Waals surface area (Å²) in [6.07, 6.45) is -2.43. The minimum atomic E-state index is -4.21. The van der Waals surface area contributed by atoms with E-state index in [-0.39, 0.29) is 19.4 Å². The summed E-state index contributed by atoms with van der Waals surface area (Å²) in [5.74, 6) is 1.32. The van der Waals surface area contributed by atoms with Gasteiger partial charge in [0.25, 0.3) is 0 Å². The number of hydrogen-bond donors (Lipinski definition) is 2. The number of rotatable bonds is 4. The molecule has 1 fully saturated rings. The lowest BCUT2D eigenvalue weighted by Gasteiger charge is -2.20. The van der Waals surface area contributed by atoms with Gasteiger partial charge in [-0.2, -0.15) is 18.3 Å². The number of alkyl halides is 3. The van der Waals surface area contributed by atoms with Crippen molar-refractivity contribution < 1.29 is 17.6 Å². The lowest BCUT2D eigenvalue weighted by molar-refractivity contribution is -0.166. The summed E-state index contributed by atoms with van der Waals surface area (Å²) in [6, 6.07) is 3.56. The molecule has 3 rings (SSSR count). The predicted octanol–water partition coefficient (Wildman–Crippen LogP) is 3.16. The zero-order chi connectivity index (χ0) is 14.4. The molecule has 2 aromatic rings. The van der Waals surface area contributed by atoms with Gasteiger partial charge in [0.05, 0.1) is 6.20 Å². The predicted molar refractivity (Wildman–Crippen MR) is 65.9 cm³/mol. The van der Waals surface area contributed by atoms with Gasteiger partial charge in [0.15, 0.2) is 5.76 Å². The molecule has 4 nitrogen and oxygen atoms in total. The maximum absolute atomic E-state index is 12.8. The number of H-pyrrole nitrogens is 1. The first-order valence-electron chi connectivity index (χ1n) is 6.32. The smallest absolute Gasteiger partial charge is 0.406 e. The second-order valence-electron chi connectivity index (χ2n) is 5.11. The topological polar surface area (TPSA) is 53.9 Å². The van der Waals surface area contributed by atoms with E-state index in [1.807, 2.05) is 0 Å². The third kappa shape index (κ3) is 2.22. The molecule has 0 aromatic carbocycles. The van der Waals surface area contributed by atoms with E-state index in [2.05, 4.69) is 15.5 Å². The fraction of sp³-hybridized carbons (Fsp3) is 0.462. The highest BCUT2D eigenvalue weighted by atomic mass is 19.4. The third-order valence-corrected chi connectivity index (χ3v) is 3.61. The molecule has 2 N–H and O–H groups in total. The summed E-state index contributed by atoms with van der Waals surface area (Å²) >= 11 is 0. The van der Waals surface area contributed by atoms with E-state index in [1.54, 1.807) is 19.1 Å². The van der Waals surface area contributed by atoms with Crippen molar-refractivity contribution in [3.05, 3.63) is 29.7 Å². The first kappa shape index (κ1) is 13.2. The molecule has 1 aliphatic carbocycles. The SMILES string of the molecule is Cc1ccc(-c2[nH]ncc2CNC2(C(F)(F)F)CC2)o1. The third-order valence-electron chi connectivity index (χ3n) is 3.61. The lowest BCUT2D eigenvalue weighted by Crippen LogP contribution is -2.44. The van der Waals surface area contributed by atoms with Crippen molar-refractivity contribution in [3.8, 4) is 11.5 Å². The fourth-order valence-corrected chi connectivity index (χ4v) is 2.18. The van der Waals surface area contributed by atoms with Crippen LogP contribution >= 0.6 is 0 Å². The highest BCUT2D eigenvalue weighted by molar-refractivity contribution is 5.56. The van der Waals surface area contributed by atoms with Crippen molar-refractivity contribution in [2.45, 2.75) is 38.0 Å². The molecule has 1 saturated carbocycles. The zero-order valence-corrected chi connectivity index (χ0v) is 10.8. The summed E-state index contributed by atoms with van der Waals surface area (Å²) in [6.45, 7) is 1.91. The van der Waals surface area contributed by atoms with Gasteiger partial charge in [-0.1, -0.05) is 0 Å². The number of hydrogen-bond acceptors (Lipinski definition) is 3. The van der Waals surface area contributed by atoms with Crippen LogP contribution in [0.1, 0.15) is 24.2 Å². The molecule has 0 atom stereocenters. The van der Waals surface area contributed by atoms with Crippen LogP contribution in [0.2, 0.25) is 0 Å². The molecule has 2 heterocycles. The minimum Gasteiger partial charge on any atom is -0.460 e. The molecular weight excluding hydrogens is 271 g/mol. The summed E-state index contributed by atoms with van der Waals surface area (Å²) < 4.78 is 44.0. The van der Waals surface area contributed by atoms with E-state index in [9.17, 15) is 13.2 Å². The van der Waals surface area contributed by atoms with Crippen LogP contribution in [-0.2, 0) is 6.54 Å². The summed E-state index contributed by atoms with van der Waals surface area (Å²) in [5, 5.41) is 9.25. The fourth-order valence-electron chi connectivity index (χ4n) is 2.18. The number of furan rings is 1. The average molecular weight is 285 g/mol. The molecule has 0 saturated heterocycles. The van der Waals surface area contributed by atoms with Crippen LogP contribution in [0.25, 0.3) is 11.5 Å². The molecule has 0 spiro atoms. The second kappa shape index (κ2) is 4.37. The Morgan fingerprint density at radius 3 is 2.70 bits per heavy atom. The molecule has 20 heavy (non-hydrogen) atoms. The Kier molecular flexibility index (Phi) is 2.89. The quantitative estimate of drug-likeness (QED) is 0.907. The Balaban J connectivity index is 1.75. The largest absolute Gasteiger partial charge is 0.460 e. The van der Waals surface area contributed by atoms with Crippen LogP contribution in [0.5, 0.6) is 0 Å². The number of nitrogens with zero attached hydrogens (tertiary/aromatic N) is 1. The van der Waals surface area contributed by atoms with Gasteiger partial charge in [-0.15, -0.1) is 0 Å². The maximum atomic E-state index is 12.8. The lowest BCUT2D eigenvalue weighted by atomic mass is 10.2. The van der Waals surface area contributed by atoms with Crippen LogP contribution in [0.4, 0.5) is 13.2 Å². The molecule has 0 aliphatic heterocycles. The Morgan fingerprint density at radius 1 is 1.40 bits per heavy atom. The number of halogens is 3. The summed E-state index contributed by atoms with van der Waals surface area (Å²) in [4.78, 5) is 0. The van der Waals surface area contributed by atoms with Crippen LogP contribution < -0.4 is 5.32 Å². The second-order valence-corrected chi connectivity index (χ2v) is 5.11. The molecule has 0 amide bonds. The van der Waals surface area contributed by atoms with Gasteiger partial charge >= 0.3 is 6.18 Å². The number of nitrogens with one attached hydrogen (secondary N) is 2. The van der Waals surface area contributed by atoms with Crippen molar-refractivity contribution in [2.75, 3.05) is 0 Å². The number of aryl methyl sites for hydroxylation is 1. The molecule has 2 aromatic heterocycles. The van der Waals surface area contributed by atoms with Gasteiger partial charge in [-0.25, -0.2) is 0 Å². The van der Waals surface area contributed by atoms with Gasteiger partial charge < -0.3 is 4.42 Å². The van der Waals surface area contributed by atoms with Gasteiger partial charge in [0.1, 0.15) is 17.0 Å². The first-order valence-corrected chi connectivity index (χ1v) is 6.32. The standard InChI is InChI=1S/C13H14F3N3O/c1-8-2-3-10(20-8)11-9(7-18-19-11)6-17-12(4-5-12)13(14,15)16/h2-3,7,17H,4-6H2,1H3,(H,18,19).